The smallest absolute Gasteiger partial charge is 0.237 e. The highest BCUT2D eigenvalue weighted by atomic mass is 19.1. The molecule has 1 N–H and O–H groups in total. The van der Waals surface area contributed by atoms with E-state index in [0.717, 1.165) is 36.1 Å². The Morgan fingerprint density at radius 1 is 1.35 bits per heavy atom. The fraction of sp³-hybridized carbons (Fsp3) is 0.500. The zero-order valence-electron chi connectivity index (χ0n) is 15.1. The Balaban J connectivity index is 1.32. The predicted octanol–water partition coefficient (Wildman–Crippen LogP) is 2.68. The summed E-state index contributed by atoms with van der Waals surface area (Å²) in [5.74, 6) is 0.0510. The van der Waals surface area contributed by atoms with Gasteiger partial charge in [-0.25, -0.2) is 4.39 Å². The van der Waals surface area contributed by atoms with Gasteiger partial charge in [0, 0.05) is 48.9 Å². The van der Waals surface area contributed by atoms with Crippen LogP contribution >= 0.6 is 0 Å². The van der Waals surface area contributed by atoms with Crippen molar-refractivity contribution in [1.29, 1.82) is 0 Å². The van der Waals surface area contributed by atoms with Crippen LogP contribution in [0.3, 0.4) is 0 Å². The van der Waals surface area contributed by atoms with Crippen LogP contribution in [0.2, 0.25) is 0 Å². The SMILES string of the molecule is C[C@@H]1C[C@H](F)CN1C(=O)CN1CC[C@H](Nc2ccc3ncccc3c2)C1. The number of hydrogen-bond acceptors (Lipinski definition) is 4. The van der Waals surface area contributed by atoms with Crippen LogP contribution in [0.25, 0.3) is 10.9 Å². The van der Waals surface area contributed by atoms with E-state index in [1.165, 1.54) is 0 Å². The lowest BCUT2D eigenvalue weighted by Gasteiger charge is -2.24. The zero-order valence-corrected chi connectivity index (χ0v) is 15.1. The lowest BCUT2D eigenvalue weighted by molar-refractivity contribution is -0.132. The number of hydrogen-bond donors (Lipinski definition) is 1. The Morgan fingerprint density at radius 2 is 2.23 bits per heavy atom. The van der Waals surface area contributed by atoms with Crippen LogP contribution in [0, 0.1) is 0 Å². The van der Waals surface area contributed by atoms with Crippen LogP contribution in [0.5, 0.6) is 0 Å². The number of alkyl halides is 1. The van der Waals surface area contributed by atoms with Crippen molar-refractivity contribution in [2.75, 3.05) is 31.5 Å². The Labute approximate surface area is 153 Å². The van der Waals surface area contributed by atoms with E-state index >= 15 is 0 Å². The molecule has 3 atom stereocenters. The van der Waals surface area contributed by atoms with Gasteiger partial charge in [-0.2, -0.15) is 0 Å². The third-order valence-electron chi connectivity index (χ3n) is 5.45. The minimum Gasteiger partial charge on any atom is -0.381 e. The molecule has 1 aromatic heterocycles. The van der Waals surface area contributed by atoms with Gasteiger partial charge in [-0.3, -0.25) is 14.7 Å². The number of benzene rings is 1. The number of aromatic nitrogens is 1. The summed E-state index contributed by atoms with van der Waals surface area (Å²) in [6.45, 7) is 4.29. The van der Waals surface area contributed by atoms with Crippen molar-refractivity contribution in [3.63, 3.8) is 0 Å². The average Bonchev–Trinajstić information content (AvgIpc) is 3.20. The van der Waals surface area contributed by atoms with Gasteiger partial charge in [0.15, 0.2) is 0 Å². The topological polar surface area (TPSA) is 48.5 Å². The molecule has 0 radical (unpaired) electrons. The number of fused-ring (bicyclic) bond motifs is 1. The van der Waals surface area contributed by atoms with Gasteiger partial charge in [-0.1, -0.05) is 6.07 Å². The Hall–Kier alpha value is -2.21. The summed E-state index contributed by atoms with van der Waals surface area (Å²) >= 11 is 0. The summed E-state index contributed by atoms with van der Waals surface area (Å²) in [7, 11) is 0. The molecule has 2 fully saturated rings. The minimum atomic E-state index is -0.871. The maximum atomic E-state index is 13.5. The van der Waals surface area contributed by atoms with Crippen molar-refractivity contribution in [1.82, 2.24) is 14.8 Å². The predicted molar refractivity (Wildman–Crippen MR) is 101 cm³/mol. The van der Waals surface area contributed by atoms with Gasteiger partial charge in [-0.05, 0) is 37.6 Å². The molecule has 2 aliphatic rings. The van der Waals surface area contributed by atoms with E-state index in [1.807, 2.05) is 19.1 Å². The van der Waals surface area contributed by atoms with E-state index in [0.29, 0.717) is 19.0 Å². The van der Waals surface area contributed by atoms with E-state index in [-0.39, 0.29) is 18.5 Å². The average molecular weight is 356 g/mol. The van der Waals surface area contributed by atoms with Crippen LogP contribution in [-0.2, 0) is 4.79 Å². The van der Waals surface area contributed by atoms with E-state index in [4.69, 9.17) is 0 Å². The number of nitrogens with one attached hydrogen (secondary N) is 1. The molecule has 0 aliphatic carbocycles. The van der Waals surface area contributed by atoms with E-state index < -0.39 is 6.17 Å². The van der Waals surface area contributed by atoms with Crippen LogP contribution < -0.4 is 5.32 Å². The van der Waals surface area contributed by atoms with Crippen LogP contribution in [0.4, 0.5) is 10.1 Å². The molecule has 1 aromatic carbocycles. The van der Waals surface area contributed by atoms with Crippen LogP contribution in [0.15, 0.2) is 36.5 Å². The Bertz CT molecular complexity index is 798. The van der Waals surface area contributed by atoms with Crippen molar-refractivity contribution < 1.29 is 9.18 Å². The molecule has 26 heavy (non-hydrogen) atoms. The fourth-order valence-corrected chi connectivity index (χ4v) is 4.09. The first-order valence-corrected chi connectivity index (χ1v) is 9.36. The number of likely N-dealkylation sites (tertiary alicyclic amines) is 2. The van der Waals surface area contributed by atoms with E-state index in [9.17, 15) is 9.18 Å². The number of carbonyl (C=O) groups excluding carboxylic acids is 1. The summed E-state index contributed by atoms with van der Waals surface area (Å²) in [5.41, 5.74) is 2.07. The lowest BCUT2D eigenvalue weighted by Crippen LogP contribution is -2.42. The molecular formula is C20H25FN4O. The maximum Gasteiger partial charge on any atom is 0.237 e. The molecule has 2 aliphatic heterocycles. The van der Waals surface area contributed by atoms with Gasteiger partial charge < -0.3 is 10.2 Å². The first kappa shape index (κ1) is 17.2. The third-order valence-corrected chi connectivity index (χ3v) is 5.45. The molecule has 3 heterocycles. The summed E-state index contributed by atoms with van der Waals surface area (Å²) in [5, 5.41) is 4.68. The minimum absolute atomic E-state index is 0.0141. The van der Waals surface area contributed by atoms with Gasteiger partial charge in [0.25, 0.3) is 0 Å². The fourth-order valence-electron chi connectivity index (χ4n) is 4.09. The van der Waals surface area contributed by atoms with Crippen molar-refractivity contribution in [2.24, 2.45) is 0 Å². The Morgan fingerprint density at radius 3 is 3.04 bits per heavy atom. The highest BCUT2D eigenvalue weighted by molar-refractivity contribution is 5.82. The molecule has 1 amide bonds. The number of amides is 1. The van der Waals surface area contributed by atoms with E-state index in [2.05, 4.69) is 33.4 Å². The summed E-state index contributed by atoms with van der Waals surface area (Å²) in [6, 6.07) is 10.5. The first-order valence-electron chi connectivity index (χ1n) is 9.36. The quantitative estimate of drug-likeness (QED) is 0.915. The molecule has 6 heteroatoms. The number of rotatable bonds is 4. The number of halogens is 1. The molecule has 0 bridgehead atoms. The maximum absolute atomic E-state index is 13.5. The Kier molecular flexibility index (Phi) is 4.76. The summed E-state index contributed by atoms with van der Waals surface area (Å²) < 4.78 is 13.5. The van der Waals surface area contributed by atoms with Crippen molar-refractivity contribution >= 4 is 22.5 Å². The van der Waals surface area contributed by atoms with E-state index in [1.54, 1.807) is 11.1 Å². The number of carbonyl (C=O) groups is 1. The van der Waals surface area contributed by atoms with Crippen LogP contribution in [0.1, 0.15) is 19.8 Å². The van der Waals surface area contributed by atoms with Crippen molar-refractivity contribution in [3.8, 4) is 0 Å². The monoisotopic (exact) mass is 356 g/mol. The molecule has 2 saturated heterocycles. The van der Waals surface area contributed by atoms with Gasteiger partial charge >= 0.3 is 0 Å². The molecule has 5 nitrogen and oxygen atoms in total. The zero-order chi connectivity index (χ0) is 18.1. The third kappa shape index (κ3) is 3.65. The summed E-state index contributed by atoms with van der Waals surface area (Å²) in [4.78, 5) is 20.7. The molecule has 0 saturated carbocycles. The van der Waals surface area contributed by atoms with Crippen molar-refractivity contribution in [3.05, 3.63) is 36.5 Å². The standard InChI is InChI=1S/C20H25FN4O/c1-14-9-16(21)11-25(14)20(26)13-24-8-6-18(12-24)23-17-4-5-19-15(10-17)3-2-7-22-19/h2-5,7,10,14,16,18,23H,6,8-9,11-13H2,1H3/t14-,16+,18+/m1/s1. The lowest BCUT2D eigenvalue weighted by atomic mass is 10.2. The highest BCUT2D eigenvalue weighted by Gasteiger charge is 2.34. The molecule has 2 aromatic rings. The second kappa shape index (κ2) is 7.19. The van der Waals surface area contributed by atoms with Gasteiger partial charge in [0.2, 0.25) is 5.91 Å². The second-order valence-corrected chi connectivity index (χ2v) is 7.50. The largest absolute Gasteiger partial charge is 0.381 e. The van der Waals surface area contributed by atoms with Gasteiger partial charge in [0.05, 0.1) is 18.6 Å². The van der Waals surface area contributed by atoms with Gasteiger partial charge in [0.1, 0.15) is 6.17 Å². The number of nitrogens with zero attached hydrogens (tertiary/aromatic N) is 3. The van der Waals surface area contributed by atoms with Crippen molar-refractivity contribution in [2.45, 2.75) is 38.0 Å². The molecule has 0 unspecified atom stereocenters. The number of pyridine rings is 1. The highest BCUT2D eigenvalue weighted by Crippen LogP contribution is 2.22. The molecule has 4 rings (SSSR count). The normalized spacial score (nSPS) is 26.5. The number of anilines is 1. The second-order valence-electron chi connectivity index (χ2n) is 7.50. The first-order chi connectivity index (χ1) is 12.6. The molecule has 0 spiro atoms. The van der Waals surface area contributed by atoms with Crippen LogP contribution in [-0.4, -0.2) is 65.1 Å². The van der Waals surface area contributed by atoms with Gasteiger partial charge in [-0.15, -0.1) is 0 Å². The molecular weight excluding hydrogens is 331 g/mol. The summed E-state index contributed by atoms with van der Waals surface area (Å²) in [6.07, 6.45) is 2.39. The molecule has 138 valence electrons.